The molecule has 1 nitrogen and oxygen atoms in total. The van der Waals surface area contributed by atoms with Gasteiger partial charge in [-0.05, 0) is 41.5 Å². The van der Waals surface area contributed by atoms with E-state index in [9.17, 15) is 17.3 Å². The van der Waals surface area contributed by atoms with E-state index in [4.69, 9.17) is 0 Å². The van der Waals surface area contributed by atoms with Crippen LogP contribution in [0, 0.1) is 0 Å². The van der Waals surface area contributed by atoms with Crippen molar-refractivity contribution in [2.45, 2.75) is 0 Å². The predicted molar refractivity (Wildman–Crippen MR) is 163 cm³/mol. The molecule has 1 aromatic heterocycles. The van der Waals surface area contributed by atoms with E-state index >= 15 is 0 Å². The Kier molecular flexibility index (Phi) is 10.8. The molecule has 0 aliphatic carbocycles. The summed E-state index contributed by atoms with van der Waals surface area (Å²) in [6.07, 6.45) is 0. The van der Waals surface area contributed by atoms with Gasteiger partial charge in [0.15, 0.2) is 0 Å². The molecule has 0 radical (unpaired) electrons. The number of benzene rings is 5. The first-order valence-corrected chi connectivity index (χ1v) is 16.6. The summed E-state index contributed by atoms with van der Waals surface area (Å²) < 4.78 is 41.3. The van der Waals surface area contributed by atoms with Gasteiger partial charge >= 0.3 is 36.4 Å². The quantitative estimate of drug-likeness (QED) is 0.0560. The molecule has 41 heavy (non-hydrogen) atoms. The Bertz CT molecular complexity index is 1630. The van der Waals surface area contributed by atoms with Crippen LogP contribution < -0.4 is 20.5 Å². The molecule has 6 aromatic rings. The van der Waals surface area contributed by atoms with Gasteiger partial charge in [-0.15, -0.1) is 0 Å². The second kappa shape index (κ2) is 14.3. The van der Waals surface area contributed by atoms with E-state index in [1.54, 1.807) is 20.0 Å². The van der Waals surface area contributed by atoms with E-state index < -0.39 is 15.2 Å². The normalized spacial score (nSPS) is 11.0. The molecule has 9 heteroatoms. The average molecular weight is 774 g/mol. The maximum absolute atomic E-state index is 9.75. The van der Waals surface area contributed by atoms with Crippen molar-refractivity contribution in [2.24, 2.45) is 7.05 Å². The Labute approximate surface area is 254 Å². The zero-order chi connectivity index (χ0) is 29.4. The molecule has 0 atom stereocenters. The Balaban J connectivity index is 0.000000502. The van der Waals surface area contributed by atoms with Crippen LogP contribution >= 0.6 is 17.1 Å². The number of pyridine rings is 1. The summed E-state index contributed by atoms with van der Waals surface area (Å²) in [6, 6.07) is 48.5. The fourth-order valence-electron chi connectivity index (χ4n) is 4.98. The first-order chi connectivity index (χ1) is 19.8. The Hall–Kier alpha value is -2.98. The second-order valence-corrected chi connectivity index (χ2v) is 11.2. The van der Waals surface area contributed by atoms with Crippen LogP contribution in [0.25, 0.3) is 32.9 Å². The zero-order valence-electron chi connectivity index (χ0n) is 21.9. The van der Waals surface area contributed by atoms with E-state index in [2.05, 4.69) is 154 Å². The number of halogens is 5. The molecular formula is C32H25AuBClF4NP. The fraction of sp³-hybridized carbons (Fsp3) is 0.0312. The molecule has 0 bridgehead atoms. The number of rotatable bonds is 4. The van der Waals surface area contributed by atoms with Crippen molar-refractivity contribution in [3.63, 3.8) is 0 Å². The van der Waals surface area contributed by atoms with Crippen LogP contribution in [0.4, 0.5) is 17.3 Å². The summed E-state index contributed by atoms with van der Waals surface area (Å²) in [7, 11) is 0.0355. The number of nitrogens with zero attached hydrogens (tertiary/aromatic N) is 1. The molecule has 0 amide bonds. The topological polar surface area (TPSA) is 3.88 Å². The predicted octanol–water partition coefficient (Wildman–Crippen LogP) is 8.23. The first kappa shape index (κ1) is 31.0. The molecular weight excluding hydrogens is 749 g/mol. The first-order valence-electron chi connectivity index (χ1n) is 12.6. The van der Waals surface area contributed by atoms with Gasteiger partial charge in [0.2, 0.25) is 11.0 Å². The summed E-state index contributed by atoms with van der Waals surface area (Å²) in [5.41, 5.74) is 5.12. The van der Waals surface area contributed by atoms with Crippen LogP contribution in [-0.4, -0.2) is 7.25 Å². The average Bonchev–Trinajstić information content (AvgIpc) is 3.00. The molecule has 0 aliphatic rings. The maximum atomic E-state index is 9.75. The van der Waals surface area contributed by atoms with Crippen molar-refractivity contribution in [3.8, 4) is 11.1 Å². The van der Waals surface area contributed by atoms with Crippen molar-refractivity contribution in [1.29, 1.82) is 0 Å². The van der Waals surface area contributed by atoms with Gasteiger partial charge in [0.05, 0.1) is 10.8 Å². The van der Waals surface area contributed by atoms with Gasteiger partial charge < -0.3 is 17.3 Å². The van der Waals surface area contributed by atoms with Crippen LogP contribution in [0.3, 0.4) is 0 Å². The van der Waals surface area contributed by atoms with Crippen molar-refractivity contribution < 1.29 is 41.8 Å². The van der Waals surface area contributed by atoms with E-state index in [1.807, 2.05) is 0 Å². The number of fused-ring (bicyclic) bond motifs is 2. The van der Waals surface area contributed by atoms with Gasteiger partial charge in [-0.1, -0.05) is 109 Å². The molecule has 1 heterocycles. The molecule has 0 spiro atoms. The number of hydrogen-bond acceptors (Lipinski definition) is 0. The van der Waals surface area contributed by atoms with Crippen molar-refractivity contribution >= 4 is 62.1 Å². The number of hydrogen-bond donors (Lipinski definition) is 0. The van der Waals surface area contributed by atoms with Crippen molar-refractivity contribution in [1.82, 2.24) is 0 Å². The zero-order valence-corrected chi connectivity index (χ0v) is 25.7. The van der Waals surface area contributed by atoms with Crippen LogP contribution in [0.2, 0.25) is 0 Å². The van der Waals surface area contributed by atoms with Crippen LogP contribution in [0.1, 0.15) is 0 Å². The molecule has 212 valence electrons. The number of aryl methyl sites for hydroxylation is 1. The Morgan fingerprint density at radius 2 is 0.927 bits per heavy atom. The number of aromatic nitrogens is 1. The van der Waals surface area contributed by atoms with Gasteiger partial charge in [0, 0.05) is 17.7 Å². The second-order valence-electron chi connectivity index (χ2n) is 8.99. The minimum absolute atomic E-state index is 0.716. The Morgan fingerprint density at radius 3 is 1.39 bits per heavy atom. The van der Waals surface area contributed by atoms with Gasteiger partial charge in [-0.25, -0.2) is 0 Å². The molecule has 0 unspecified atom stereocenters. The third kappa shape index (κ3) is 7.46. The Morgan fingerprint density at radius 1 is 0.561 bits per heavy atom. The van der Waals surface area contributed by atoms with Crippen molar-refractivity contribution in [3.05, 3.63) is 133 Å². The minimum atomic E-state index is -6.00. The molecule has 6 rings (SSSR count). The van der Waals surface area contributed by atoms with E-state index in [-0.39, 0.29) is 0 Å². The monoisotopic (exact) mass is 773 g/mol. The molecule has 0 saturated heterocycles. The van der Waals surface area contributed by atoms with Crippen molar-refractivity contribution in [2.75, 3.05) is 0 Å². The van der Waals surface area contributed by atoms with Gasteiger partial charge in [-0.3, -0.25) is 0 Å². The summed E-state index contributed by atoms with van der Waals surface area (Å²) in [4.78, 5) is 0. The summed E-state index contributed by atoms with van der Waals surface area (Å²) in [5, 5.41) is 6.69. The summed E-state index contributed by atoms with van der Waals surface area (Å²) in [6.45, 7) is 0. The van der Waals surface area contributed by atoms with Crippen LogP contribution in [0.5, 0.6) is 0 Å². The third-order valence-corrected chi connectivity index (χ3v) is 9.01. The number of para-hydroxylation sites is 2. The standard InChI is InChI=1S/C32H25NP.Au.BF4.ClH/c1-33-29-21-11-8-18-26(29)32(27-19-9-12-22-30(27)33)28-20-10-13-23-31(28)34(24-14-4-2-5-15-24)25-16-6-3-7-17-25;;2-1(3,4)5;/h2-23H,1H3;;;1H/q2*+1;-1;/p-1. The van der Waals surface area contributed by atoms with Gasteiger partial charge in [0.25, 0.3) is 0 Å². The molecule has 0 fully saturated rings. The van der Waals surface area contributed by atoms with Gasteiger partial charge in [0.1, 0.15) is 7.05 Å². The molecule has 0 aliphatic heterocycles. The fourth-order valence-corrected chi connectivity index (χ4v) is 7.44. The SMILES string of the molecule is C[n+]1c2ccccc2c(-c2ccccc2P(c2ccccc2)c2ccccc2)c2ccccc21.F[B-](F)(F)F.[Cl][Au]. The van der Waals surface area contributed by atoms with E-state index in [1.165, 1.54) is 48.8 Å². The molecule has 5 aromatic carbocycles. The van der Waals surface area contributed by atoms with Crippen LogP contribution in [0.15, 0.2) is 133 Å². The molecule has 0 saturated carbocycles. The summed E-state index contributed by atoms with van der Waals surface area (Å²) in [5.74, 6) is 0. The third-order valence-electron chi connectivity index (χ3n) is 6.51. The molecule has 0 N–H and O–H groups in total. The van der Waals surface area contributed by atoms with Gasteiger partial charge in [-0.2, -0.15) is 4.57 Å². The summed E-state index contributed by atoms with van der Waals surface area (Å²) >= 11 is 1.75. The van der Waals surface area contributed by atoms with Crippen LogP contribution in [-0.2, 0) is 27.0 Å². The van der Waals surface area contributed by atoms with E-state index in [0.717, 1.165) is 0 Å². The van der Waals surface area contributed by atoms with E-state index in [0.29, 0.717) is 0 Å².